The first kappa shape index (κ1) is 13.0. The van der Waals surface area contributed by atoms with Crippen molar-refractivity contribution in [2.45, 2.75) is 26.7 Å². The highest BCUT2D eigenvalue weighted by Crippen LogP contribution is 2.17. The van der Waals surface area contributed by atoms with Crippen molar-refractivity contribution in [3.05, 3.63) is 29.1 Å². The highest BCUT2D eigenvalue weighted by molar-refractivity contribution is 5.95. The zero-order valence-electron chi connectivity index (χ0n) is 11.3. The minimum Gasteiger partial charge on any atom is -0.378 e. The van der Waals surface area contributed by atoms with E-state index in [0.29, 0.717) is 37.8 Å². The van der Waals surface area contributed by atoms with E-state index in [4.69, 9.17) is 4.74 Å². The molecule has 1 aromatic heterocycles. The van der Waals surface area contributed by atoms with Gasteiger partial charge in [-0.05, 0) is 24.5 Å². The molecule has 98 valence electrons. The second-order valence-electron chi connectivity index (χ2n) is 4.98. The van der Waals surface area contributed by atoms with Gasteiger partial charge in [0.15, 0.2) is 0 Å². The van der Waals surface area contributed by atoms with E-state index in [1.54, 1.807) is 6.20 Å². The summed E-state index contributed by atoms with van der Waals surface area (Å²) in [5.41, 5.74) is 2.75. The Morgan fingerprint density at radius 3 is 2.61 bits per heavy atom. The van der Waals surface area contributed by atoms with Gasteiger partial charge in [-0.3, -0.25) is 9.78 Å². The summed E-state index contributed by atoms with van der Waals surface area (Å²) in [5.74, 6) is 0.454. The van der Waals surface area contributed by atoms with Crippen LogP contribution in [0.4, 0.5) is 0 Å². The molecule has 0 atom stereocenters. The van der Waals surface area contributed by atoms with Crippen LogP contribution in [0.3, 0.4) is 0 Å². The number of amides is 1. The van der Waals surface area contributed by atoms with E-state index < -0.39 is 0 Å². The predicted molar refractivity (Wildman–Crippen MR) is 69.8 cm³/mol. The SMILES string of the molecule is Cc1cc(C(C)C)ncc1C(=O)N1CCOCC1. The highest BCUT2D eigenvalue weighted by atomic mass is 16.5. The molecule has 4 nitrogen and oxygen atoms in total. The average molecular weight is 248 g/mol. The molecule has 1 saturated heterocycles. The van der Waals surface area contributed by atoms with E-state index in [1.807, 2.05) is 17.9 Å². The fourth-order valence-corrected chi connectivity index (χ4v) is 2.05. The van der Waals surface area contributed by atoms with Crippen molar-refractivity contribution in [1.29, 1.82) is 0 Å². The average Bonchev–Trinajstić information content (AvgIpc) is 2.38. The second-order valence-corrected chi connectivity index (χ2v) is 4.98. The molecule has 0 spiro atoms. The number of nitrogens with zero attached hydrogens (tertiary/aromatic N) is 2. The molecule has 1 fully saturated rings. The summed E-state index contributed by atoms with van der Waals surface area (Å²) in [7, 11) is 0. The van der Waals surface area contributed by atoms with Gasteiger partial charge in [0.05, 0.1) is 18.8 Å². The normalized spacial score (nSPS) is 16.1. The maximum absolute atomic E-state index is 12.3. The molecule has 0 saturated carbocycles. The number of hydrogen-bond acceptors (Lipinski definition) is 3. The predicted octanol–water partition coefficient (Wildman–Crippen LogP) is 1.99. The first-order chi connectivity index (χ1) is 8.59. The van der Waals surface area contributed by atoms with Gasteiger partial charge in [0.1, 0.15) is 0 Å². The zero-order chi connectivity index (χ0) is 13.1. The standard InChI is InChI=1S/C14H20N2O2/c1-10(2)13-8-11(3)12(9-15-13)14(17)16-4-6-18-7-5-16/h8-10H,4-7H2,1-3H3. The van der Waals surface area contributed by atoms with Crippen LogP contribution >= 0.6 is 0 Å². The topological polar surface area (TPSA) is 42.4 Å². The summed E-state index contributed by atoms with van der Waals surface area (Å²) in [6.45, 7) is 8.77. The van der Waals surface area contributed by atoms with Crippen molar-refractivity contribution in [3.8, 4) is 0 Å². The number of carbonyl (C=O) groups is 1. The van der Waals surface area contributed by atoms with E-state index in [2.05, 4.69) is 18.8 Å². The Morgan fingerprint density at radius 2 is 2.06 bits per heavy atom. The van der Waals surface area contributed by atoms with Gasteiger partial charge < -0.3 is 9.64 Å². The third-order valence-electron chi connectivity index (χ3n) is 3.25. The Hall–Kier alpha value is -1.42. The molecular weight excluding hydrogens is 228 g/mol. The molecular formula is C14H20N2O2. The van der Waals surface area contributed by atoms with Crippen LogP contribution in [0.1, 0.15) is 41.4 Å². The monoisotopic (exact) mass is 248 g/mol. The van der Waals surface area contributed by atoms with Crippen LogP contribution in [0.15, 0.2) is 12.3 Å². The van der Waals surface area contributed by atoms with Gasteiger partial charge in [-0.1, -0.05) is 13.8 Å². The van der Waals surface area contributed by atoms with E-state index in [1.165, 1.54) is 0 Å². The van der Waals surface area contributed by atoms with Crippen molar-refractivity contribution < 1.29 is 9.53 Å². The largest absolute Gasteiger partial charge is 0.378 e. The summed E-state index contributed by atoms with van der Waals surface area (Å²) in [5, 5.41) is 0. The fourth-order valence-electron chi connectivity index (χ4n) is 2.05. The van der Waals surface area contributed by atoms with Crippen LogP contribution in [0.5, 0.6) is 0 Å². The summed E-state index contributed by atoms with van der Waals surface area (Å²) in [6, 6.07) is 2.01. The minimum atomic E-state index is 0.0682. The first-order valence-corrected chi connectivity index (χ1v) is 6.43. The molecule has 4 heteroatoms. The van der Waals surface area contributed by atoms with Crippen LogP contribution in [0.2, 0.25) is 0 Å². The molecule has 18 heavy (non-hydrogen) atoms. The Morgan fingerprint density at radius 1 is 1.39 bits per heavy atom. The van der Waals surface area contributed by atoms with E-state index in [0.717, 1.165) is 11.3 Å². The minimum absolute atomic E-state index is 0.0682. The van der Waals surface area contributed by atoms with Gasteiger partial charge >= 0.3 is 0 Å². The van der Waals surface area contributed by atoms with Crippen molar-refractivity contribution in [2.75, 3.05) is 26.3 Å². The molecule has 0 unspecified atom stereocenters. The number of carbonyl (C=O) groups excluding carboxylic acids is 1. The van der Waals surface area contributed by atoms with Crippen LogP contribution in [0.25, 0.3) is 0 Å². The summed E-state index contributed by atoms with van der Waals surface area (Å²) in [6.07, 6.45) is 1.71. The Bertz CT molecular complexity index is 437. The lowest BCUT2D eigenvalue weighted by molar-refractivity contribution is 0.0302. The molecule has 2 rings (SSSR count). The maximum Gasteiger partial charge on any atom is 0.255 e. The number of pyridine rings is 1. The van der Waals surface area contributed by atoms with Crippen molar-refractivity contribution >= 4 is 5.91 Å². The molecule has 1 aromatic rings. The summed E-state index contributed by atoms with van der Waals surface area (Å²) in [4.78, 5) is 18.5. The number of rotatable bonds is 2. The van der Waals surface area contributed by atoms with Crippen LogP contribution in [-0.4, -0.2) is 42.1 Å². The van der Waals surface area contributed by atoms with Gasteiger partial charge in [-0.2, -0.15) is 0 Å². The molecule has 0 N–H and O–H groups in total. The summed E-state index contributed by atoms with van der Waals surface area (Å²) < 4.78 is 5.26. The van der Waals surface area contributed by atoms with Crippen LogP contribution in [-0.2, 0) is 4.74 Å². The number of aromatic nitrogens is 1. The quantitative estimate of drug-likeness (QED) is 0.803. The smallest absolute Gasteiger partial charge is 0.255 e. The van der Waals surface area contributed by atoms with Gasteiger partial charge in [0.2, 0.25) is 0 Å². The molecule has 0 radical (unpaired) electrons. The number of morpholine rings is 1. The molecule has 0 aromatic carbocycles. The highest BCUT2D eigenvalue weighted by Gasteiger charge is 2.20. The number of ether oxygens (including phenoxy) is 1. The van der Waals surface area contributed by atoms with E-state index in [9.17, 15) is 4.79 Å². The van der Waals surface area contributed by atoms with Gasteiger partial charge in [-0.15, -0.1) is 0 Å². The Labute approximate surface area is 108 Å². The molecule has 0 bridgehead atoms. The van der Waals surface area contributed by atoms with Crippen molar-refractivity contribution in [1.82, 2.24) is 9.88 Å². The molecule has 0 aliphatic carbocycles. The van der Waals surface area contributed by atoms with E-state index in [-0.39, 0.29) is 5.91 Å². The number of hydrogen-bond donors (Lipinski definition) is 0. The maximum atomic E-state index is 12.3. The Kier molecular flexibility index (Phi) is 3.97. The lowest BCUT2D eigenvalue weighted by atomic mass is 10.0. The zero-order valence-corrected chi connectivity index (χ0v) is 11.3. The van der Waals surface area contributed by atoms with Crippen LogP contribution in [0, 0.1) is 6.92 Å². The van der Waals surface area contributed by atoms with Crippen molar-refractivity contribution in [3.63, 3.8) is 0 Å². The fraction of sp³-hybridized carbons (Fsp3) is 0.571. The van der Waals surface area contributed by atoms with E-state index >= 15 is 0 Å². The molecule has 1 amide bonds. The third-order valence-corrected chi connectivity index (χ3v) is 3.25. The van der Waals surface area contributed by atoms with Gasteiger partial charge in [0.25, 0.3) is 5.91 Å². The third kappa shape index (κ3) is 2.70. The molecule has 1 aliphatic rings. The van der Waals surface area contributed by atoms with Gasteiger partial charge in [-0.25, -0.2) is 0 Å². The van der Waals surface area contributed by atoms with Crippen molar-refractivity contribution in [2.24, 2.45) is 0 Å². The van der Waals surface area contributed by atoms with Crippen LogP contribution < -0.4 is 0 Å². The summed E-state index contributed by atoms with van der Waals surface area (Å²) >= 11 is 0. The lowest BCUT2D eigenvalue weighted by Crippen LogP contribution is -2.41. The molecule has 2 heterocycles. The first-order valence-electron chi connectivity index (χ1n) is 6.43. The second kappa shape index (κ2) is 5.48. The lowest BCUT2D eigenvalue weighted by Gasteiger charge is -2.27. The molecule has 1 aliphatic heterocycles. The Balaban J connectivity index is 2.19. The van der Waals surface area contributed by atoms with Gasteiger partial charge in [0, 0.05) is 25.0 Å². The number of aryl methyl sites for hydroxylation is 1.